The summed E-state index contributed by atoms with van der Waals surface area (Å²) in [7, 11) is 3.18. The van der Waals surface area contributed by atoms with E-state index < -0.39 is 17.8 Å². The molecule has 3 aromatic rings. The smallest absolute Gasteiger partial charge is 0.325 e. The molecule has 0 spiro atoms. The summed E-state index contributed by atoms with van der Waals surface area (Å²) in [4.78, 5) is 41.1. The van der Waals surface area contributed by atoms with Gasteiger partial charge >= 0.3 is 12.1 Å². The van der Waals surface area contributed by atoms with Gasteiger partial charge < -0.3 is 15.0 Å². The average molecular weight is 451 g/mol. The summed E-state index contributed by atoms with van der Waals surface area (Å²) in [6, 6.07) is 14.6. The molecule has 0 saturated carbocycles. The Hall–Kier alpha value is -4.47. The van der Waals surface area contributed by atoms with Crippen molar-refractivity contribution in [3.05, 3.63) is 78.2 Å². The number of anilines is 2. The molecule has 170 valence electrons. The lowest BCUT2D eigenvalue weighted by molar-refractivity contribution is -0.119. The molecule has 2 aromatic carbocycles. The number of benzene rings is 2. The van der Waals surface area contributed by atoms with Crippen molar-refractivity contribution in [2.45, 2.75) is 6.42 Å². The van der Waals surface area contributed by atoms with Crippen molar-refractivity contribution in [2.75, 3.05) is 24.7 Å². The first-order valence-corrected chi connectivity index (χ1v) is 9.86. The fourth-order valence-corrected chi connectivity index (χ4v) is 2.67. The largest absolute Gasteiger partial charge is 0.457 e. The number of aromatic nitrogens is 1. The van der Waals surface area contributed by atoms with Gasteiger partial charge in [0, 0.05) is 32.4 Å². The number of carbonyl (C=O) groups excluding carboxylic acids is 3. The minimum Gasteiger partial charge on any atom is -0.457 e. The highest BCUT2D eigenvalue weighted by Gasteiger charge is 2.13. The van der Waals surface area contributed by atoms with E-state index in [-0.39, 0.29) is 29.7 Å². The Labute approximate surface area is 189 Å². The number of imide groups is 1. The van der Waals surface area contributed by atoms with E-state index in [1.807, 2.05) is 6.07 Å². The zero-order valence-corrected chi connectivity index (χ0v) is 18.0. The van der Waals surface area contributed by atoms with Gasteiger partial charge in [-0.1, -0.05) is 30.3 Å². The Kier molecular flexibility index (Phi) is 7.53. The third-order valence-corrected chi connectivity index (χ3v) is 4.26. The number of hydrogen-bond acceptors (Lipinski definition) is 5. The lowest BCUT2D eigenvalue weighted by Gasteiger charge is -2.13. The lowest BCUT2D eigenvalue weighted by atomic mass is 10.1. The lowest BCUT2D eigenvalue weighted by Crippen LogP contribution is -2.35. The number of nitrogens with zero attached hydrogens (tertiary/aromatic N) is 2. The van der Waals surface area contributed by atoms with Crippen LogP contribution in [0.2, 0.25) is 0 Å². The summed E-state index contributed by atoms with van der Waals surface area (Å²) in [6.07, 6.45) is 1.45. The molecule has 3 rings (SSSR count). The van der Waals surface area contributed by atoms with E-state index in [0.717, 1.165) is 11.6 Å². The van der Waals surface area contributed by atoms with Crippen LogP contribution in [0.15, 0.2) is 66.9 Å². The molecular weight excluding hydrogens is 429 g/mol. The molecule has 0 saturated heterocycles. The van der Waals surface area contributed by atoms with Crippen LogP contribution < -0.4 is 20.7 Å². The number of pyridine rings is 1. The van der Waals surface area contributed by atoms with Gasteiger partial charge in [-0.25, -0.2) is 19.0 Å². The number of nitrogens with one attached hydrogen (secondary N) is 3. The Balaban J connectivity index is 1.58. The number of halogens is 1. The van der Waals surface area contributed by atoms with E-state index in [2.05, 4.69) is 20.9 Å². The van der Waals surface area contributed by atoms with Gasteiger partial charge in [-0.3, -0.25) is 15.4 Å². The molecule has 0 bridgehead atoms. The van der Waals surface area contributed by atoms with Crippen LogP contribution in [0.5, 0.6) is 11.5 Å². The van der Waals surface area contributed by atoms with Gasteiger partial charge in [0.25, 0.3) is 0 Å². The van der Waals surface area contributed by atoms with Crippen LogP contribution in [0.3, 0.4) is 0 Å². The Morgan fingerprint density at radius 1 is 0.970 bits per heavy atom. The zero-order chi connectivity index (χ0) is 23.8. The molecule has 10 heteroatoms. The highest BCUT2D eigenvalue weighted by Crippen LogP contribution is 2.26. The molecule has 5 amide bonds. The van der Waals surface area contributed by atoms with E-state index in [4.69, 9.17) is 4.74 Å². The molecule has 0 unspecified atom stereocenters. The van der Waals surface area contributed by atoms with Crippen molar-refractivity contribution in [3.63, 3.8) is 0 Å². The number of ether oxygens (including phenoxy) is 1. The van der Waals surface area contributed by atoms with Gasteiger partial charge in [-0.2, -0.15) is 0 Å². The molecule has 0 aliphatic carbocycles. The first-order chi connectivity index (χ1) is 15.8. The molecule has 0 fully saturated rings. The monoisotopic (exact) mass is 451 g/mol. The number of urea groups is 2. The maximum absolute atomic E-state index is 14.5. The van der Waals surface area contributed by atoms with Crippen LogP contribution in [0.1, 0.15) is 5.56 Å². The fraction of sp³-hybridized carbons (Fsp3) is 0.130. The third kappa shape index (κ3) is 7.03. The number of rotatable bonds is 6. The van der Waals surface area contributed by atoms with Gasteiger partial charge in [0.15, 0.2) is 0 Å². The molecule has 3 N–H and O–H groups in total. The normalized spacial score (nSPS) is 10.2. The average Bonchev–Trinajstić information content (AvgIpc) is 2.76. The summed E-state index contributed by atoms with van der Waals surface area (Å²) in [5.74, 6) is -0.526. The van der Waals surface area contributed by atoms with Crippen molar-refractivity contribution in [3.8, 4) is 11.5 Å². The predicted molar refractivity (Wildman–Crippen MR) is 121 cm³/mol. The van der Waals surface area contributed by atoms with E-state index in [1.54, 1.807) is 44.4 Å². The van der Waals surface area contributed by atoms with Gasteiger partial charge in [-0.15, -0.1) is 0 Å². The van der Waals surface area contributed by atoms with Crippen molar-refractivity contribution in [1.29, 1.82) is 0 Å². The van der Waals surface area contributed by atoms with Crippen molar-refractivity contribution in [1.82, 2.24) is 15.2 Å². The molecule has 0 radical (unpaired) electrons. The molecule has 0 aliphatic heterocycles. The predicted octanol–water partition coefficient (Wildman–Crippen LogP) is 4.00. The maximum atomic E-state index is 14.5. The Morgan fingerprint density at radius 3 is 2.39 bits per heavy atom. The SMILES string of the molecule is CN(C)C(=O)Nc1cc(Oc2ccc(NC(=O)NC(=O)Cc3ccccc3)c(F)c2)ccn1. The minimum absolute atomic E-state index is 0.0203. The van der Waals surface area contributed by atoms with Crippen LogP contribution in [-0.2, 0) is 11.2 Å². The van der Waals surface area contributed by atoms with Crippen LogP contribution in [0.25, 0.3) is 0 Å². The van der Waals surface area contributed by atoms with Gasteiger partial charge in [0.1, 0.15) is 23.1 Å². The van der Waals surface area contributed by atoms with E-state index in [1.165, 1.54) is 29.3 Å². The van der Waals surface area contributed by atoms with Gasteiger partial charge in [0.05, 0.1) is 12.1 Å². The Morgan fingerprint density at radius 2 is 1.70 bits per heavy atom. The second-order valence-corrected chi connectivity index (χ2v) is 7.11. The fourth-order valence-electron chi connectivity index (χ4n) is 2.67. The van der Waals surface area contributed by atoms with Crippen molar-refractivity contribution >= 4 is 29.5 Å². The summed E-state index contributed by atoms with van der Waals surface area (Å²) in [5, 5.41) is 7.03. The van der Waals surface area contributed by atoms with Crippen LogP contribution in [0.4, 0.5) is 25.5 Å². The summed E-state index contributed by atoms with van der Waals surface area (Å²) < 4.78 is 20.1. The standard InChI is InChI=1S/C23H22FN5O4/c1-29(2)23(32)27-20-14-17(10-11-25-20)33-16-8-9-19(18(24)13-16)26-22(31)28-21(30)12-15-6-4-3-5-7-15/h3-11,13-14H,12H2,1-2H3,(H,25,27,32)(H2,26,28,30,31). The summed E-state index contributed by atoms with van der Waals surface area (Å²) in [5.41, 5.74) is 0.622. The Bertz CT molecular complexity index is 1150. The van der Waals surface area contributed by atoms with Crippen LogP contribution in [0, 0.1) is 5.82 Å². The molecule has 0 aliphatic rings. The van der Waals surface area contributed by atoms with E-state index >= 15 is 0 Å². The van der Waals surface area contributed by atoms with Crippen LogP contribution in [-0.4, -0.2) is 41.9 Å². The number of hydrogen-bond donors (Lipinski definition) is 3. The topological polar surface area (TPSA) is 113 Å². The second kappa shape index (κ2) is 10.7. The van der Waals surface area contributed by atoms with Crippen molar-refractivity contribution < 1.29 is 23.5 Å². The van der Waals surface area contributed by atoms with Gasteiger partial charge in [0.2, 0.25) is 5.91 Å². The molecular formula is C23H22FN5O4. The van der Waals surface area contributed by atoms with Crippen LogP contribution >= 0.6 is 0 Å². The van der Waals surface area contributed by atoms with E-state index in [9.17, 15) is 18.8 Å². The van der Waals surface area contributed by atoms with E-state index in [0.29, 0.717) is 5.75 Å². The highest BCUT2D eigenvalue weighted by molar-refractivity contribution is 6.01. The molecule has 1 aromatic heterocycles. The highest BCUT2D eigenvalue weighted by atomic mass is 19.1. The summed E-state index contributed by atoms with van der Waals surface area (Å²) in [6.45, 7) is 0. The summed E-state index contributed by atoms with van der Waals surface area (Å²) >= 11 is 0. The second-order valence-electron chi connectivity index (χ2n) is 7.11. The van der Waals surface area contributed by atoms with Crippen molar-refractivity contribution in [2.24, 2.45) is 0 Å². The first kappa shape index (κ1) is 23.2. The molecule has 33 heavy (non-hydrogen) atoms. The first-order valence-electron chi connectivity index (χ1n) is 9.86. The molecule has 1 heterocycles. The molecule has 0 atom stereocenters. The number of amides is 5. The van der Waals surface area contributed by atoms with Gasteiger partial charge in [-0.05, 0) is 23.8 Å². The number of carbonyl (C=O) groups is 3. The minimum atomic E-state index is -0.848. The molecule has 9 nitrogen and oxygen atoms in total. The quantitative estimate of drug-likeness (QED) is 0.524. The third-order valence-electron chi connectivity index (χ3n) is 4.26. The maximum Gasteiger partial charge on any atom is 0.325 e. The zero-order valence-electron chi connectivity index (χ0n) is 18.0.